The minimum absolute atomic E-state index is 0.178. The van der Waals surface area contributed by atoms with Crippen molar-refractivity contribution in [3.05, 3.63) is 48.7 Å². The molecule has 0 radical (unpaired) electrons. The van der Waals surface area contributed by atoms with E-state index in [2.05, 4.69) is 37.8 Å². The monoisotopic (exact) mass is 486 g/mol. The van der Waals surface area contributed by atoms with Crippen molar-refractivity contribution in [2.24, 2.45) is 17.0 Å². The number of hydrogen-bond acceptors (Lipinski definition) is 8. The number of pyridine rings is 1. The third kappa shape index (κ3) is 6.08. The van der Waals surface area contributed by atoms with E-state index in [1.807, 2.05) is 30.5 Å². The van der Waals surface area contributed by atoms with Gasteiger partial charge in [0.15, 0.2) is 0 Å². The van der Waals surface area contributed by atoms with E-state index in [0.29, 0.717) is 16.9 Å². The van der Waals surface area contributed by atoms with Crippen LogP contribution in [-0.4, -0.2) is 65.7 Å². The normalized spacial score (nSPS) is 24.6. The molecule has 2 N–H and O–H groups in total. The molecule has 3 saturated heterocycles. The van der Waals surface area contributed by atoms with Gasteiger partial charge in [0, 0.05) is 31.2 Å². The number of aliphatic hydroxyl groups is 1. The van der Waals surface area contributed by atoms with Crippen LogP contribution in [0.2, 0.25) is 0 Å². The maximum atomic E-state index is 11.2. The number of nitrogens with one attached hydrogen (secondary N) is 1. The Morgan fingerprint density at radius 3 is 2.85 bits per heavy atom. The molecule has 0 spiro atoms. The first-order chi connectivity index (χ1) is 16.4. The summed E-state index contributed by atoms with van der Waals surface area (Å²) in [6, 6.07) is 7.96. The largest absolute Gasteiger partial charge is 0.497 e. The highest BCUT2D eigenvalue weighted by Gasteiger charge is 2.42. The van der Waals surface area contributed by atoms with Gasteiger partial charge in [-0.3, -0.25) is 14.7 Å². The zero-order valence-electron chi connectivity index (χ0n) is 20.2. The molecule has 3 aliphatic heterocycles. The first-order valence-electron chi connectivity index (χ1n) is 11.4. The van der Waals surface area contributed by atoms with Gasteiger partial charge in [0.2, 0.25) is 0 Å². The topological polar surface area (TPSA) is 96.3 Å². The Kier molecular flexibility index (Phi) is 9.32. The molecule has 1 aromatic heterocycles. The van der Waals surface area contributed by atoms with Crippen molar-refractivity contribution in [2.75, 3.05) is 33.5 Å². The van der Waals surface area contributed by atoms with Crippen LogP contribution in [0, 0.1) is 11.8 Å². The van der Waals surface area contributed by atoms with Gasteiger partial charge in [-0.25, -0.2) is 4.79 Å². The highest BCUT2D eigenvalue weighted by molar-refractivity contribution is 8.13. The molecule has 1 amide bonds. The third-order valence-corrected chi connectivity index (χ3v) is 7.24. The van der Waals surface area contributed by atoms with Gasteiger partial charge >= 0.3 is 6.09 Å². The predicted molar refractivity (Wildman–Crippen MR) is 137 cm³/mol. The maximum Gasteiger partial charge on any atom is 0.433 e. The van der Waals surface area contributed by atoms with Crippen molar-refractivity contribution < 1.29 is 19.5 Å². The first-order valence-corrected chi connectivity index (χ1v) is 12.6. The summed E-state index contributed by atoms with van der Waals surface area (Å²) in [7, 11) is 3.14. The Morgan fingerprint density at radius 1 is 1.44 bits per heavy atom. The fourth-order valence-electron chi connectivity index (χ4n) is 4.63. The molecule has 0 saturated carbocycles. The van der Waals surface area contributed by atoms with Crippen LogP contribution in [0.4, 0.5) is 4.79 Å². The second-order valence-corrected chi connectivity index (χ2v) is 9.42. The van der Waals surface area contributed by atoms with Crippen molar-refractivity contribution in [2.45, 2.75) is 31.9 Å². The van der Waals surface area contributed by atoms with Crippen LogP contribution in [0.5, 0.6) is 5.75 Å². The summed E-state index contributed by atoms with van der Waals surface area (Å²) >= 11 is 1.42. The zero-order valence-corrected chi connectivity index (χ0v) is 21.0. The fraction of sp³-hybridized carbons (Fsp3) is 0.480. The quantitative estimate of drug-likeness (QED) is 0.215. The van der Waals surface area contributed by atoms with E-state index < -0.39 is 12.2 Å². The SMILES string of the molecule is C=C[C@H]1CN2CC[C@H]1C[C@H]2[C@H](O)c1ccnc2ccc(OC)cc12.CNC(=O)O/N=C(\C)SC. The molecule has 5 atom stereocenters. The van der Waals surface area contributed by atoms with Gasteiger partial charge in [0.25, 0.3) is 0 Å². The van der Waals surface area contributed by atoms with E-state index in [0.717, 1.165) is 41.7 Å². The highest BCUT2D eigenvalue weighted by Crippen LogP contribution is 2.42. The second-order valence-electron chi connectivity index (χ2n) is 8.42. The third-order valence-electron chi connectivity index (χ3n) is 6.58. The molecule has 2 aromatic rings. The van der Waals surface area contributed by atoms with Crippen LogP contribution in [-0.2, 0) is 4.84 Å². The lowest BCUT2D eigenvalue weighted by atomic mass is 9.73. The summed E-state index contributed by atoms with van der Waals surface area (Å²) in [4.78, 5) is 21.6. The number of methoxy groups -OCH3 is 1. The van der Waals surface area contributed by atoms with Crippen LogP contribution in [0.25, 0.3) is 10.9 Å². The number of carbonyl (C=O) groups is 1. The number of oxime groups is 1. The highest BCUT2D eigenvalue weighted by atomic mass is 32.2. The Morgan fingerprint density at radius 2 is 2.24 bits per heavy atom. The van der Waals surface area contributed by atoms with Crippen LogP contribution < -0.4 is 10.1 Å². The molecule has 4 heterocycles. The van der Waals surface area contributed by atoms with Crippen molar-refractivity contribution in [1.29, 1.82) is 0 Å². The minimum Gasteiger partial charge on any atom is -0.497 e. The fourth-order valence-corrected chi connectivity index (χ4v) is 4.74. The lowest BCUT2D eigenvalue weighted by Gasteiger charge is -2.50. The van der Waals surface area contributed by atoms with Gasteiger partial charge in [-0.15, -0.1) is 18.3 Å². The number of thioether (sulfide) groups is 1. The molecule has 3 fully saturated rings. The van der Waals surface area contributed by atoms with Gasteiger partial charge in [-0.2, -0.15) is 0 Å². The molecule has 1 aromatic carbocycles. The predicted octanol–water partition coefficient (Wildman–Crippen LogP) is 4.21. The number of ether oxygens (including phenoxy) is 1. The van der Waals surface area contributed by atoms with Crippen molar-refractivity contribution in [3.8, 4) is 5.75 Å². The van der Waals surface area contributed by atoms with E-state index in [9.17, 15) is 9.90 Å². The van der Waals surface area contributed by atoms with E-state index >= 15 is 0 Å². The van der Waals surface area contributed by atoms with Crippen molar-refractivity contribution in [1.82, 2.24) is 15.2 Å². The molecule has 5 rings (SSSR count). The van der Waals surface area contributed by atoms with Crippen molar-refractivity contribution in [3.63, 3.8) is 0 Å². The summed E-state index contributed by atoms with van der Waals surface area (Å²) in [5, 5.41) is 18.6. The molecular formula is C25H34N4O4S. The number of rotatable bonds is 5. The molecule has 3 aliphatic rings. The molecule has 34 heavy (non-hydrogen) atoms. The summed E-state index contributed by atoms with van der Waals surface area (Å²) < 4.78 is 5.35. The summed E-state index contributed by atoms with van der Waals surface area (Å²) in [6.07, 6.45) is 6.93. The second kappa shape index (κ2) is 12.2. The minimum atomic E-state index is -0.548. The van der Waals surface area contributed by atoms with E-state index in [4.69, 9.17) is 4.74 Å². The number of aromatic nitrogens is 1. The lowest BCUT2D eigenvalue weighted by Crippen LogP contribution is -2.54. The van der Waals surface area contributed by atoms with Crippen LogP contribution >= 0.6 is 11.8 Å². The number of amides is 1. The van der Waals surface area contributed by atoms with Crippen LogP contribution in [0.1, 0.15) is 31.4 Å². The summed E-state index contributed by atoms with van der Waals surface area (Å²) in [5.41, 5.74) is 1.85. The number of piperidine rings is 3. The van der Waals surface area contributed by atoms with Gasteiger partial charge < -0.3 is 15.2 Å². The average molecular weight is 487 g/mol. The molecule has 1 unspecified atom stereocenters. The number of aliphatic hydroxyl groups excluding tert-OH is 1. The number of fused-ring (bicyclic) bond motifs is 4. The molecule has 8 nitrogen and oxygen atoms in total. The standard InChI is InChI=1S/C20H24N2O2.C5H10N2O2S/c1-3-13-12-22-9-7-14(13)10-19(22)20(23)16-6-8-21-18-5-4-15(24-2)11-17(16)18;1-4(10-3)7-9-5(8)6-2/h3-6,8,11,13-14,19-20,23H,1,7,9-10,12H2,2H3;1-3H3,(H,6,8)/b;7-4+/t13-,14-,19-,20+;/m0./s1. The molecule has 9 heteroatoms. The molecule has 2 bridgehead atoms. The first kappa shape index (κ1) is 26.0. The molecule has 184 valence electrons. The Hall–Kier alpha value is -2.62. The maximum absolute atomic E-state index is 11.2. The van der Waals surface area contributed by atoms with Gasteiger partial charge in [-0.05, 0) is 74.2 Å². The van der Waals surface area contributed by atoms with Crippen LogP contribution in [0.3, 0.4) is 0 Å². The summed E-state index contributed by atoms with van der Waals surface area (Å²) in [5.74, 6) is 2.01. The Labute approximate surface area is 205 Å². The average Bonchev–Trinajstić information content (AvgIpc) is 2.90. The number of hydrogen-bond donors (Lipinski definition) is 2. The molecular weight excluding hydrogens is 452 g/mol. The number of nitrogens with zero attached hydrogens (tertiary/aromatic N) is 3. The summed E-state index contributed by atoms with van der Waals surface area (Å²) in [6.45, 7) is 7.83. The van der Waals surface area contributed by atoms with E-state index in [1.165, 1.54) is 25.2 Å². The number of benzene rings is 1. The van der Waals surface area contributed by atoms with Gasteiger partial charge in [-0.1, -0.05) is 11.2 Å². The number of carbonyl (C=O) groups excluding carboxylic acids is 1. The van der Waals surface area contributed by atoms with E-state index in [1.54, 1.807) is 20.2 Å². The Bertz CT molecular complexity index is 1030. The van der Waals surface area contributed by atoms with Crippen LogP contribution in [0.15, 0.2) is 48.3 Å². The lowest BCUT2D eigenvalue weighted by molar-refractivity contribution is -0.0444. The smallest absolute Gasteiger partial charge is 0.433 e. The van der Waals surface area contributed by atoms with E-state index in [-0.39, 0.29) is 6.04 Å². The zero-order chi connectivity index (χ0) is 24.7. The van der Waals surface area contributed by atoms with Crippen molar-refractivity contribution >= 4 is 33.8 Å². The van der Waals surface area contributed by atoms with Gasteiger partial charge in [0.1, 0.15) is 10.8 Å². The Balaban J connectivity index is 0.000000277. The molecule has 0 aliphatic carbocycles. The van der Waals surface area contributed by atoms with Gasteiger partial charge in [0.05, 0.1) is 18.7 Å².